The molecule has 0 nitrogen and oxygen atoms in total. The largest absolute Gasteiger partial charge is 0 e. The maximum atomic E-state index is 0. The minimum Gasteiger partial charge on any atom is 0 e. The molecule has 0 heterocycles. The number of rotatable bonds is 0. The molecule has 0 aromatic rings. The van der Waals surface area contributed by atoms with Crippen LogP contribution in [0.5, 0.6) is 0 Å². The molecule has 1 radical (unpaired) electrons. The van der Waals surface area contributed by atoms with Gasteiger partial charge >= 0.3 is 0 Å². The Labute approximate surface area is 78.3 Å². The van der Waals surface area contributed by atoms with Gasteiger partial charge in [0, 0.05) is 79.4 Å². The Morgan fingerprint density at radius 2 is 1.00 bits per heavy atom. The summed E-state index contributed by atoms with van der Waals surface area (Å²) in [5, 5.41) is 0. The first-order chi connectivity index (χ1) is 0. The van der Waals surface area contributed by atoms with Gasteiger partial charge < -0.3 is 0 Å². The zero-order chi connectivity index (χ0) is 0. The third-order valence-electron chi connectivity index (χ3n) is 0. The van der Waals surface area contributed by atoms with Gasteiger partial charge in [0.25, 0.3) is 0 Å². The minimum atomic E-state index is 0. The molecular formula is MoNbNiRu. The molecule has 0 aromatic carbocycles. The number of hydrogen-bond donors (Lipinski definition) is 0. The third kappa shape index (κ3) is 8.82. The van der Waals surface area contributed by atoms with E-state index >= 15 is 0 Å². The third-order valence-corrected chi connectivity index (χ3v) is 0. The van der Waals surface area contributed by atoms with Crippen molar-refractivity contribution in [1.82, 2.24) is 0 Å². The summed E-state index contributed by atoms with van der Waals surface area (Å²) in [5.74, 6) is 0. The van der Waals surface area contributed by atoms with Crippen molar-refractivity contribution < 1.29 is 79.4 Å². The van der Waals surface area contributed by atoms with E-state index in [-0.39, 0.29) is 79.4 Å². The zero-order valence-electron chi connectivity index (χ0n) is 1.53. The molecule has 0 amide bonds. The van der Waals surface area contributed by atoms with E-state index < -0.39 is 0 Å². The maximum absolute atomic E-state index is 0. The smallest absolute Gasteiger partial charge is 0 e. The Bertz CT molecular complexity index is 8.00. The average Bonchev–Trinajstić information content (AvgIpc) is 0. The Morgan fingerprint density at radius 3 is 1.00 bits per heavy atom. The van der Waals surface area contributed by atoms with Gasteiger partial charge in [0.2, 0.25) is 0 Å². The fourth-order valence-corrected chi connectivity index (χ4v) is 0. The standard InChI is InChI=1S/Mo.Nb.Ni.Ru. The molecule has 0 aliphatic rings. The summed E-state index contributed by atoms with van der Waals surface area (Å²) in [7, 11) is 0. The summed E-state index contributed by atoms with van der Waals surface area (Å²) < 4.78 is 0. The van der Waals surface area contributed by atoms with Gasteiger partial charge in [0.05, 0.1) is 0 Å². The molecular weight excluding hydrogens is 349 g/mol. The predicted molar refractivity (Wildman–Crippen MR) is 0 cm³/mol. The van der Waals surface area contributed by atoms with Gasteiger partial charge in [0.1, 0.15) is 0 Å². The Balaban J connectivity index is 0. The molecule has 4 heavy (non-hydrogen) atoms. The fourth-order valence-electron chi connectivity index (χ4n) is 0. The second kappa shape index (κ2) is 17.7. The summed E-state index contributed by atoms with van der Waals surface area (Å²) in [6.45, 7) is 0. The van der Waals surface area contributed by atoms with Gasteiger partial charge in [-0.25, -0.2) is 0 Å². The molecule has 0 fully saturated rings. The summed E-state index contributed by atoms with van der Waals surface area (Å²) >= 11 is 0. The van der Waals surface area contributed by atoms with Crippen molar-refractivity contribution in [2.45, 2.75) is 0 Å². The molecule has 0 bridgehead atoms. The van der Waals surface area contributed by atoms with E-state index in [2.05, 4.69) is 0 Å². The van der Waals surface area contributed by atoms with Crippen molar-refractivity contribution in [2.75, 3.05) is 0 Å². The van der Waals surface area contributed by atoms with Gasteiger partial charge in [-0.05, 0) is 0 Å². The predicted octanol–water partition coefficient (Wildman–Crippen LogP) is -0.0100. The van der Waals surface area contributed by atoms with E-state index in [1.54, 1.807) is 0 Å². The van der Waals surface area contributed by atoms with Crippen LogP contribution in [0.3, 0.4) is 0 Å². The van der Waals surface area contributed by atoms with Crippen LogP contribution >= 0.6 is 0 Å². The molecule has 29 valence electrons. The van der Waals surface area contributed by atoms with Crippen LogP contribution in [0.15, 0.2) is 0 Å². The van der Waals surface area contributed by atoms with Crippen LogP contribution in [0.2, 0.25) is 0 Å². The van der Waals surface area contributed by atoms with Gasteiger partial charge in [0.15, 0.2) is 0 Å². The molecule has 0 unspecified atom stereocenters. The summed E-state index contributed by atoms with van der Waals surface area (Å²) in [5.41, 5.74) is 0. The van der Waals surface area contributed by atoms with Crippen LogP contribution in [0, 0.1) is 0 Å². The first kappa shape index (κ1) is 31.1. The van der Waals surface area contributed by atoms with Crippen LogP contribution in [-0.2, 0) is 79.4 Å². The second-order valence-corrected chi connectivity index (χ2v) is 0. The van der Waals surface area contributed by atoms with Crippen molar-refractivity contribution in [3.8, 4) is 0 Å². The van der Waals surface area contributed by atoms with E-state index in [0.717, 1.165) is 0 Å². The molecule has 4 heteroatoms. The topological polar surface area (TPSA) is 0 Å². The molecule has 0 aliphatic heterocycles. The molecule has 0 saturated carbocycles. The average molecular weight is 349 g/mol. The Hall–Kier alpha value is 2.55. The molecule has 0 aromatic heterocycles. The van der Waals surface area contributed by atoms with Gasteiger partial charge in [-0.1, -0.05) is 0 Å². The van der Waals surface area contributed by atoms with Crippen LogP contribution in [0.4, 0.5) is 0 Å². The monoisotopic (exact) mass is 351 g/mol. The first-order valence-corrected chi connectivity index (χ1v) is 0. The van der Waals surface area contributed by atoms with Crippen LogP contribution in [0.25, 0.3) is 0 Å². The van der Waals surface area contributed by atoms with Gasteiger partial charge in [-0.15, -0.1) is 0 Å². The normalized spacial score (nSPS) is 0. The van der Waals surface area contributed by atoms with Crippen molar-refractivity contribution in [3.63, 3.8) is 0 Å². The quantitative estimate of drug-likeness (QED) is 0.540. The zero-order valence-corrected chi connectivity index (χ0v) is 8.46. The maximum Gasteiger partial charge on any atom is 0 e. The molecule has 0 spiro atoms. The van der Waals surface area contributed by atoms with Crippen molar-refractivity contribution in [1.29, 1.82) is 0 Å². The van der Waals surface area contributed by atoms with E-state index in [9.17, 15) is 0 Å². The van der Waals surface area contributed by atoms with Crippen LogP contribution < -0.4 is 0 Å². The molecule has 0 aliphatic carbocycles. The SMILES string of the molecule is [Mo].[Nb].[Ni].[Ru]. The number of hydrogen-bond acceptors (Lipinski definition) is 0. The van der Waals surface area contributed by atoms with Crippen molar-refractivity contribution in [3.05, 3.63) is 0 Å². The first-order valence-electron chi connectivity index (χ1n) is 0. The molecule has 0 saturated heterocycles. The van der Waals surface area contributed by atoms with Crippen LogP contribution in [-0.4, -0.2) is 0 Å². The summed E-state index contributed by atoms with van der Waals surface area (Å²) in [4.78, 5) is 0. The Morgan fingerprint density at radius 1 is 1.00 bits per heavy atom. The fraction of sp³-hybridized carbons (Fsp3) is 0. The van der Waals surface area contributed by atoms with Gasteiger partial charge in [-0.3, -0.25) is 0 Å². The van der Waals surface area contributed by atoms with E-state index in [1.807, 2.05) is 0 Å². The molecule has 0 N–H and O–H groups in total. The Kier molecular flexibility index (Phi) is 137. The second-order valence-electron chi connectivity index (χ2n) is 0. The molecule has 0 rings (SSSR count). The van der Waals surface area contributed by atoms with E-state index in [4.69, 9.17) is 0 Å². The van der Waals surface area contributed by atoms with Gasteiger partial charge in [-0.2, -0.15) is 0 Å². The summed E-state index contributed by atoms with van der Waals surface area (Å²) in [6.07, 6.45) is 0. The van der Waals surface area contributed by atoms with E-state index in [1.165, 1.54) is 0 Å². The summed E-state index contributed by atoms with van der Waals surface area (Å²) in [6, 6.07) is 0. The van der Waals surface area contributed by atoms with E-state index in [0.29, 0.717) is 0 Å². The van der Waals surface area contributed by atoms with Crippen molar-refractivity contribution in [2.24, 2.45) is 0 Å². The molecule has 0 atom stereocenters. The van der Waals surface area contributed by atoms with Crippen LogP contribution in [0.1, 0.15) is 0 Å². The minimum absolute atomic E-state index is 0. The van der Waals surface area contributed by atoms with Crippen molar-refractivity contribution >= 4 is 0 Å².